The average molecular weight is 503 g/mol. The summed E-state index contributed by atoms with van der Waals surface area (Å²) < 4.78 is 22.5. The van der Waals surface area contributed by atoms with E-state index in [1.165, 1.54) is 6.07 Å². The van der Waals surface area contributed by atoms with Crippen LogP contribution < -0.4 is 10.1 Å². The van der Waals surface area contributed by atoms with Crippen molar-refractivity contribution in [1.29, 1.82) is 0 Å². The minimum absolute atomic E-state index is 0.269. The molecule has 3 aromatic heterocycles. The Morgan fingerprint density at radius 1 is 1.21 bits per heavy atom. The quantitative estimate of drug-likeness (QED) is 0.386. The van der Waals surface area contributed by atoms with Crippen LogP contribution in [0.1, 0.15) is 18.2 Å². The predicted octanol–water partition coefficient (Wildman–Crippen LogP) is 4.72. The molecular formula is C21H19FIN5O. The fourth-order valence-electron chi connectivity index (χ4n) is 3.34. The molecule has 0 spiro atoms. The molecule has 0 saturated heterocycles. The number of methoxy groups -OCH3 is 1. The minimum Gasteiger partial charge on any atom is -0.496 e. The van der Waals surface area contributed by atoms with E-state index in [4.69, 9.17) is 4.74 Å². The fraction of sp³-hybridized carbons (Fsp3) is 0.190. The lowest BCUT2D eigenvalue weighted by molar-refractivity contribution is 0.405. The second kappa shape index (κ2) is 8.32. The van der Waals surface area contributed by atoms with Crippen LogP contribution in [0.3, 0.4) is 0 Å². The number of ether oxygens (including phenoxy) is 1. The van der Waals surface area contributed by atoms with Gasteiger partial charge in [0.15, 0.2) is 5.65 Å². The number of aryl methyl sites for hydroxylation is 1. The molecule has 4 aromatic rings. The molecule has 0 aliphatic heterocycles. The largest absolute Gasteiger partial charge is 0.496 e. The Labute approximate surface area is 181 Å². The number of pyridine rings is 2. The van der Waals surface area contributed by atoms with E-state index in [9.17, 15) is 4.39 Å². The molecule has 0 radical (unpaired) electrons. The van der Waals surface area contributed by atoms with Crippen LogP contribution in [0.4, 0.5) is 10.2 Å². The lowest BCUT2D eigenvalue weighted by Gasteiger charge is -2.14. The topological polar surface area (TPSA) is 64.3 Å². The normalized spacial score (nSPS) is 11.0. The van der Waals surface area contributed by atoms with E-state index in [-0.39, 0.29) is 12.4 Å². The molecule has 0 aliphatic carbocycles. The van der Waals surface area contributed by atoms with Crippen molar-refractivity contribution in [2.45, 2.75) is 19.9 Å². The van der Waals surface area contributed by atoms with Crippen molar-refractivity contribution >= 4 is 34.1 Å². The van der Waals surface area contributed by atoms with Gasteiger partial charge in [0.2, 0.25) is 0 Å². The highest BCUT2D eigenvalue weighted by molar-refractivity contribution is 14.1. The zero-order chi connectivity index (χ0) is 20.4. The van der Waals surface area contributed by atoms with E-state index in [1.807, 2.05) is 34.7 Å². The molecule has 0 aliphatic rings. The molecule has 0 bridgehead atoms. The van der Waals surface area contributed by atoms with Crippen molar-refractivity contribution in [3.8, 4) is 16.9 Å². The summed E-state index contributed by atoms with van der Waals surface area (Å²) in [6, 6.07) is 11.2. The highest BCUT2D eigenvalue weighted by atomic mass is 127. The molecule has 0 unspecified atom stereocenters. The monoisotopic (exact) mass is 503 g/mol. The van der Waals surface area contributed by atoms with Gasteiger partial charge in [0, 0.05) is 38.7 Å². The van der Waals surface area contributed by atoms with E-state index in [1.54, 1.807) is 19.6 Å². The van der Waals surface area contributed by atoms with Crippen LogP contribution in [-0.4, -0.2) is 26.7 Å². The Kier molecular flexibility index (Phi) is 5.61. The van der Waals surface area contributed by atoms with Crippen LogP contribution in [0.5, 0.6) is 5.75 Å². The molecule has 1 N–H and O–H groups in total. The van der Waals surface area contributed by atoms with Gasteiger partial charge >= 0.3 is 0 Å². The number of rotatable bonds is 6. The van der Waals surface area contributed by atoms with E-state index in [2.05, 4.69) is 50.0 Å². The molecule has 0 fully saturated rings. The first-order chi connectivity index (χ1) is 14.1. The summed E-state index contributed by atoms with van der Waals surface area (Å²) in [6.07, 6.45) is 4.26. The first-order valence-corrected chi connectivity index (χ1v) is 10.2. The van der Waals surface area contributed by atoms with Crippen molar-refractivity contribution in [2.24, 2.45) is 0 Å². The molecule has 8 heteroatoms. The molecule has 1 aromatic carbocycles. The summed E-state index contributed by atoms with van der Waals surface area (Å²) in [5.74, 6) is 0.970. The van der Waals surface area contributed by atoms with Gasteiger partial charge in [-0.15, -0.1) is 10.2 Å². The average Bonchev–Trinajstić information content (AvgIpc) is 3.22. The van der Waals surface area contributed by atoms with E-state index in [0.29, 0.717) is 17.0 Å². The predicted molar refractivity (Wildman–Crippen MR) is 119 cm³/mol. The SMILES string of the molecule is CCc1ncccc1-c1ccc(NCc2c(F)cc(I)cc2OC)n2cnnc12. The molecule has 6 nitrogen and oxygen atoms in total. The second-order valence-corrected chi connectivity index (χ2v) is 7.68. The van der Waals surface area contributed by atoms with Crippen molar-refractivity contribution in [3.05, 3.63) is 69.6 Å². The number of halogens is 2. The molecule has 4 rings (SSSR count). The third kappa shape index (κ3) is 3.76. The van der Waals surface area contributed by atoms with Gasteiger partial charge in [-0.3, -0.25) is 9.38 Å². The summed E-state index contributed by atoms with van der Waals surface area (Å²) in [4.78, 5) is 4.47. The summed E-state index contributed by atoms with van der Waals surface area (Å²) in [7, 11) is 1.54. The zero-order valence-corrected chi connectivity index (χ0v) is 18.1. The van der Waals surface area contributed by atoms with Crippen LogP contribution >= 0.6 is 22.6 Å². The van der Waals surface area contributed by atoms with Gasteiger partial charge < -0.3 is 10.1 Å². The van der Waals surface area contributed by atoms with Gasteiger partial charge in [0.05, 0.1) is 7.11 Å². The van der Waals surface area contributed by atoms with Gasteiger partial charge in [-0.25, -0.2) is 4.39 Å². The molecule has 3 heterocycles. The molecule has 0 atom stereocenters. The second-order valence-electron chi connectivity index (χ2n) is 6.43. The standard InChI is InChI=1S/C21H19FIN5O/c1-3-18-14(5-4-8-24-18)15-6-7-20(28-12-26-27-21(15)28)25-11-16-17(22)9-13(23)10-19(16)29-2/h4-10,12,25H,3,11H2,1-2H3. The van der Waals surface area contributed by atoms with Crippen LogP contribution in [0.25, 0.3) is 16.8 Å². The third-order valence-electron chi connectivity index (χ3n) is 4.76. The highest BCUT2D eigenvalue weighted by Gasteiger charge is 2.15. The van der Waals surface area contributed by atoms with Crippen LogP contribution in [0, 0.1) is 9.39 Å². The highest BCUT2D eigenvalue weighted by Crippen LogP contribution is 2.29. The van der Waals surface area contributed by atoms with E-state index in [0.717, 1.165) is 32.6 Å². The minimum atomic E-state index is -0.305. The maximum Gasteiger partial charge on any atom is 0.170 e. The van der Waals surface area contributed by atoms with Gasteiger partial charge in [0.1, 0.15) is 23.7 Å². The Morgan fingerprint density at radius 3 is 2.86 bits per heavy atom. The van der Waals surface area contributed by atoms with Crippen molar-refractivity contribution in [2.75, 3.05) is 12.4 Å². The lowest BCUT2D eigenvalue weighted by Crippen LogP contribution is -2.08. The molecule has 29 heavy (non-hydrogen) atoms. The van der Waals surface area contributed by atoms with E-state index >= 15 is 0 Å². The number of aromatic nitrogens is 4. The number of fused-ring (bicyclic) bond motifs is 1. The van der Waals surface area contributed by atoms with Crippen molar-refractivity contribution in [1.82, 2.24) is 19.6 Å². The third-order valence-corrected chi connectivity index (χ3v) is 5.38. The number of anilines is 1. The Hall–Kier alpha value is -2.75. The van der Waals surface area contributed by atoms with Crippen molar-refractivity contribution < 1.29 is 9.13 Å². The summed E-state index contributed by atoms with van der Waals surface area (Å²) in [6.45, 7) is 2.34. The van der Waals surface area contributed by atoms with Crippen LogP contribution in [-0.2, 0) is 13.0 Å². The first-order valence-electron chi connectivity index (χ1n) is 9.15. The number of hydrogen-bond acceptors (Lipinski definition) is 5. The van der Waals surface area contributed by atoms with Gasteiger partial charge in [-0.2, -0.15) is 0 Å². The maximum absolute atomic E-state index is 14.5. The Morgan fingerprint density at radius 2 is 2.07 bits per heavy atom. The lowest BCUT2D eigenvalue weighted by atomic mass is 10.0. The molecular weight excluding hydrogens is 484 g/mol. The summed E-state index contributed by atoms with van der Waals surface area (Å²) in [5, 5.41) is 11.6. The Balaban J connectivity index is 1.70. The van der Waals surface area contributed by atoms with Gasteiger partial charge in [0.25, 0.3) is 0 Å². The van der Waals surface area contributed by atoms with Gasteiger partial charge in [-0.05, 0) is 59.3 Å². The van der Waals surface area contributed by atoms with Gasteiger partial charge in [-0.1, -0.05) is 13.0 Å². The number of nitrogens with zero attached hydrogens (tertiary/aromatic N) is 4. The molecule has 0 saturated carbocycles. The number of hydrogen-bond donors (Lipinski definition) is 1. The van der Waals surface area contributed by atoms with E-state index < -0.39 is 0 Å². The smallest absolute Gasteiger partial charge is 0.170 e. The summed E-state index contributed by atoms with van der Waals surface area (Å²) in [5.41, 5.74) is 4.18. The van der Waals surface area contributed by atoms with Crippen LogP contribution in [0.15, 0.2) is 48.9 Å². The fourth-order valence-corrected chi connectivity index (χ4v) is 3.90. The van der Waals surface area contributed by atoms with Crippen molar-refractivity contribution in [3.63, 3.8) is 0 Å². The number of benzene rings is 1. The maximum atomic E-state index is 14.5. The van der Waals surface area contributed by atoms with Crippen LogP contribution in [0.2, 0.25) is 0 Å². The first kappa shape index (κ1) is 19.6. The zero-order valence-electron chi connectivity index (χ0n) is 16.0. The number of nitrogens with one attached hydrogen (secondary N) is 1. The molecule has 148 valence electrons. The summed E-state index contributed by atoms with van der Waals surface area (Å²) >= 11 is 2.07. The molecule has 0 amide bonds. The Bertz CT molecular complexity index is 1180.